The first kappa shape index (κ1) is 16.5. The molecule has 0 aliphatic heterocycles. The predicted octanol–water partition coefficient (Wildman–Crippen LogP) is 4.46. The largest absolute Gasteiger partial charge is 0.494 e. The van der Waals surface area contributed by atoms with Crippen LogP contribution in [0, 0.1) is 4.77 Å². The minimum absolute atomic E-state index is 0.135. The summed E-state index contributed by atoms with van der Waals surface area (Å²) in [6, 6.07) is 6.83. The van der Waals surface area contributed by atoms with E-state index in [9.17, 15) is 9.90 Å². The molecule has 1 aromatic carbocycles. The third kappa shape index (κ3) is 3.67. The molecule has 2 N–H and O–H groups in total. The van der Waals surface area contributed by atoms with E-state index >= 15 is 0 Å². The molecule has 0 unspecified atom stereocenters. The van der Waals surface area contributed by atoms with Crippen molar-refractivity contribution in [3.05, 3.63) is 56.1 Å². The van der Waals surface area contributed by atoms with Crippen LogP contribution in [0.2, 0.25) is 5.02 Å². The van der Waals surface area contributed by atoms with E-state index in [0.717, 1.165) is 19.3 Å². The Morgan fingerprint density at radius 2 is 2.05 bits per heavy atom. The lowest BCUT2D eigenvalue weighted by molar-refractivity contribution is 0.432. The molecule has 116 valence electrons. The van der Waals surface area contributed by atoms with Gasteiger partial charge in [-0.25, -0.2) is 0 Å². The summed E-state index contributed by atoms with van der Waals surface area (Å²) in [7, 11) is 0. The normalized spacial score (nSPS) is 11.2. The lowest BCUT2D eigenvalue weighted by atomic mass is 10.2. The van der Waals surface area contributed by atoms with Gasteiger partial charge in [-0.2, -0.15) is 0 Å². The number of nitrogens with zero attached hydrogens (tertiary/aromatic N) is 1. The molecule has 1 heterocycles. The van der Waals surface area contributed by atoms with Gasteiger partial charge in [-0.15, -0.1) is 0 Å². The summed E-state index contributed by atoms with van der Waals surface area (Å²) in [5.74, 6) is -0.177. The van der Waals surface area contributed by atoms with Gasteiger partial charge >= 0.3 is 0 Å². The van der Waals surface area contributed by atoms with Crippen LogP contribution in [0.15, 0.2) is 35.1 Å². The van der Waals surface area contributed by atoms with Gasteiger partial charge in [-0.05, 0) is 49.0 Å². The van der Waals surface area contributed by atoms with E-state index in [1.54, 1.807) is 30.3 Å². The topological polar surface area (TPSA) is 58.0 Å². The Bertz CT molecular complexity index is 791. The van der Waals surface area contributed by atoms with Crippen molar-refractivity contribution in [2.75, 3.05) is 0 Å². The van der Waals surface area contributed by atoms with E-state index < -0.39 is 5.56 Å². The first-order chi connectivity index (χ1) is 10.5. The number of halogens is 1. The molecular weight excluding hydrogens is 320 g/mol. The van der Waals surface area contributed by atoms with Crippen LogP contribution in [0.1, 0.15) is 31.7 Å². The van der Waals surface area contributed by atoms with Gasteiger partial charge < -0.3 is 5.11 Å². The Hall–Kier alpha value is -1.85. The van der Waals surface area contributed by atoms with Crippen molar-refractivity contribution in [2.24, 2.45) is 0 Å². The fraction of sp³-hybridized carbons (Fsp3) is 0.250. The minimum atomic E-state index is -0.402. The zero-order valence-corrected chi connectivity index (χ0v) is 13.7. The first-order valence-electron chi connectivity index (χ1n) is 7.05. The van der Waals surface area contributed by atoms with E-state index in [-0.39, 0.29) is 16.2 Å². The van der Waals surface area contributed by atoms with Crippen molar-refractivity contribution >= 4 is 29.9 Å². The number of hydrogen-bond donors (Lipinski definition) is 2. The van der Waals surface area contributed by atoms with Crippen LogP contribution in [0.3, 0.4) is 0 Å². The van der Waals surface area contributed by atoms with Crippen LogP contribution < -0.4 is 5.56 Å². The number of benzene rings is 1. The zero-order valence-electron chi connectivity index (χ0n) is 12.2. The highest BCUT2D eigenvalue weighted by molar-refractivity contribution is 7.71. The maximum Gasteiger partial charge on any atom is 0.262 e. The Kier molecular flexibility index (Phi) is 5.57. The SMILES string of the molecule is CCCCC=Cc1c(O)n(-c2ccc(Cl)cc2)c(=S)[nH]c1=O. The van der Waals surface area contributed by atoms with Gasteiger partial charge in [0.15, 0.2) is 4.77 Å². The second-order valence-corrected chi connectivity index (χ2v) is 5.68. The number of H-pyrrole nitrogens is 1. The molecule has 0 bridgehead atoms. The molecule has 0 saturated heterocycles. The fourth-order valence-electron chi connectivity index (χ4n) is 2.04. The Balaban J connectivity index is 2.51. The number of aromatic nitrogens is 2. The van der Waals surface area contributed by atoms with Crippen molar-refractivity contribution in [2.45, 2.75) is 26.2 Å². The summed E-state index contributed by atoms with van der Waals surface area (Å²) in [6.45, 7) is 2.10. The Morgan fingerprint density at radius 1 is 1.36 bits per heavy atom. The molecule has 2 aromatic rings. The van der Waals surface area contributed by atoms with Gasteiger partial charge in [0.2, 0.25) is 5.88 Å². The smallest absolute Gasteiger partial charge is 0.262 e. The van der Waals surface area contributed by atoms with E-state index in [0.29, 0.717) is 10.7 Å². The molecule has 0 aliphatic carbocycles. The maximum atomic E-state index is 12.0. The highest BCUT2D eigenvalue weighted by atomic mass is 35.5. The Labute approximate surface area is 138 Å². The van der Waals surface area contributed by atoms with Crippen molar-refractivity contribution in [1.82, 2.24) is 9.55 Å². The van der Waals surface area contributed by atoms with Gasteiger partial charge in [0.05, 0.1) is 11.3 Å². The molecule has 2 rings (SSSR count). The molecule has 1 aromatic heterocycles. The zero-order chi connectivity index (χ0) is 16.1. The highest BCUT2D eigenvalue weighted by Crippen LogP contribution is 2.22. The summed E-state index contributed by atoms with van der Waals surface area (Å²) in [6.07, 6.45) is 6.47. The van der Waals surface area contributed by atoms with E-state index in [1.165, 1.54) is 4.57 Å². The van der Waals surface area contributed by atoms with Crippen LogP contribution in [-0.2, 0) is 0 Å². The van der Waals surface area contributed by atoms with E-state index in [2.05, 4.69) is 11.9 Å². The van der Waals surface area contributed by atoms with Crippen LogP contribution in [0.25, 0.3) is 11.8 Å². The number of aromatic hydroxyl groups is 1. The van der Waals surface area contributed by atoms with Crippen molar-refractivity contribution in [1.29, 1.82) is 0 Å². The Morgan fingerprint density at radius 3 is 2.68 bits per heavy atom. The second-order valence-electron chi connectivity index (χ2n) is 4.85. The van der Waals surface area contributed by atoms with Gasteiger partial charge in [0, 0.05) is 5.02 Å². The predicted molar refractivity (Wildman–Crippen MR) is 92.5 cm³/mol. The summed E-state index contributed by atoms with van der Waals surface area (Å²) >= 11 is 11.0. The third-order valence-electron chi connectivity index (χ3n) is 3.21. The molecule has 4 nitrogen and oxygen atoms in total. The monoisotopic (exact) mass is 336 g/mol. The van der Waals surface area contributed by atoms with Crippen LogP contribution in [-0.4, -0.2) is 14.7 Å². The average Bonchev–Trinajstić information content (AvgIpc) is 2.48. The van der Waals surface area contributed by atoms with Crippen molar-refractivity contribution in [3.63, 3.8) is 0 Å². The van der Waals surface area contributed by atoms with Gasteiger partial charge in [-0.3, -0.25) is 14.3 Å². The van der Waals surface area contributed by atoms with Crippen LogP contribution in [0.4, 0.5) is 0 Å². The number of rotatable bonds is 5. The molecule has 0 saturated carbocycles. The second kappa shape index (κ2) is 7.42. The maximum absolute atomic E-state index is 12.0. The number of unbranched alkanes of at least 4 members (excludes halogenated alkanes) is 2. The third-order valence-corrected chi connectivity index (χ3v) is 3.75. The molecular formula is C16H17ClN2O2S. The lowest BCUT2D eigenvalue weighted by Gasteiger charge is -2.11. The quantitative estimate of drug-likeness (QED) is 0.626. The summed E-state index contributed by atoms with van der Waals surface area (Å²) < 4.78 is 1.54. The summed E-state index contributed by atoms with van der Waals surface area (Å²) in [5.41, 5.74) is 0.423. The molecule has 0 aliphatic rings. The fourth-order valence-corrected chi connectivity index (χ4v) is 2.45. The number of hydrogen-bond acceptors (Lipinski definition) is 3. The van der Waals surface area contributed by atoms with E-state index in [4.69, 9.17) is 23.8 Å². The van der Waals surface area contributed by atoms with E-state index in [1.807, 2.05) is 6.08 Å². The number of nitrogens with one attached hydrogen (secondary N) is 1. The highest BCUT2D eigenvalue weighted by Gasteiger charge is 2.11. The lowest BCUT2D eigenvalue weighted by Crippen LogP contribution is -2.15. The van der Waals surface area contributed by atoms with Crippen LogP contribution in [0.5, 0.6) is 5.88 Å². The average molecular weight is 337 g/mol. The van der Waals surface area contributed by atoms with Crippen LogP contribution >= 0.6 is 23.8 Å². The van der Waals surface area contributed by atoms with Crippen molar-refractivity contribution < 1.29 is 5.11 Å². The molecule has 0 fully saturated rings. The molecule has 0 atom stereocenters. The van der Waals surface area contributed by atoms with Crippen molar-refractivity contribution in [3.8, 4) is 11.6 Å². The molecule has 0 radical (unpaired) electrons. The molecule has 0 spiro atoms. The molecule has 22 heavy (non-hydrogen) atoms. The van der Waals surface area contributed by atoms with Gasteiger partial charge in [-0.1, -0.05) is 37.4 Å². The van der Waals surface area contributed by atoms with Gasteiger partial charge in [0.1, 0.15) is 0 Å². The molecule has 6 heteroatoms. The van der Waals surface area contributed by atoms with Gasteiger partial charge in [0.25, 0.3) is 5.56 Å². The minimum Gasteiger partial charge on any atom is -0.494 e. The first-order valence-corrected chi connectivity index (χ1v) is 7.84. The molecule has 0 amide bonds. The summed E-state index contributed by atoms with van der Waals surface area (Å²) in [4.78, 5) is 14.6. The number of aromatic amines is 1. The standard InChI is InChI=1S/C16H17ClN2O2S/c1-2-3-4-5-6-13-14(20)18-16(22)19(15(13)21)12-9-7-11(17)8-10-12/h5-10,21H,2-4H2,1H3,(H,18,20,22). The number of allylic oxidation sites excluding steroid dienone is 1. The summed E-state index contributed by atoms with van der Waals surface area (Å²) in [5, 5.41) is 11.0.